The van der Waals surface area contributed by atoms with Gasteiger partial charge in [-0.2, -0.15) is 0 Å². The highest BCUT2D eigenvalue weighted by Gasteiger charge is 2.21. The van der Waals surface area contributed by atoms with Crippen LogP contribution in [0.3, 0.4) is 0 Å². The zero-order valence-corrected chi connectivity index (χ0v) is 16.3. The smallest absolute Gasteiger partial charge is 0.363 e. The van der Waals surface area contributed by atoms with Crippen molar-refractivity contribution in [3.8, 4) is 11.5 Å². The first-order valence-corrected chi connectivity index (χ1v) is 9.06. The van der Waals surface area contributed by atoms with E-state index in [-0.39, 0.29) is 11.7 Å². The lowest BCUT2D eigenvalue weighted by Gasteiger charge is -2.35. The quantitative estimate of drug-likeness (QED) is 0.418. The monoisotopic (exact) mass is 398 g/mol. The van der Waals surface area contributed by atoms with Gasteiger partial charge in [0.25, 0.3) is 0 Å². The van der Waals surface area contributed by atoms with Crippen molar-refractivity contribution in [2.45, 2.75) is 0 Å². The number of hydrogen-bond acceptors (Lipinski definition) is 7. The molecule has 3 rings (SSSR count). The van der Waals surface area contributed by atoms with E-state index >= 15 is 0 Å². The van der Waals surface area contributed by atoms with E-state index in [1.807, 2.05) is 12.1 Å². The highest BCUT2D eigenvalue weighted by Crippen LogP contribution is 2.28. The molecule has 0 aliphatic carbocycles. The van der Waals surface area contributed by atoms with Crippen molar-refractivity contribution in [3.63, 3.8) is 0 Å². The third-order valence-electron chi connectivity index (χ3n) is 4.70. The molecule has 152 valence electrons. The van der Waals surface area contributed by atoms with Gasteiger partial charge >= 0.3 is 5.82 Å². The number of benzene rings is 1. The van der Waals surface area contributed by atoms with Crippen LogP contribution in [-0.4, -0.2) is 61.1 Å². The molecule has 1 amide bonds. The third-order valence-corrected chi connectivity index (χ3v) is 4.70. The minimum atomic E-state index is -0.523. The number of carbonyl (C=O) groups is 1. The first-order valence-electron chi connectivity index (χ1n) is 9.06. The zero-order chi connectivity index (χ0) is 20.8. The van der Waals surface area contributed by atoms with Gasteiger partial charge < -0.3 is 29.4 Å². The lowest BCUT2D eigenvalue weighted by Crippen LogP contribution is -2.48. The van der Waals surface area contributed by atoms with Gasteiger partial charge in [0.15, 0.2) is 17.7 Å². The number of amides is 1. The average molecular weight is 398 g/mol. The highest BCUT2D eigenvalue weighted by molar-refractivity contribution is 5.92. The number of ether oxygens (including phenoxy) is 2. The van der Waals surface area contributed by atoms with E-state index in [1.54, 1.807) is 43.4 Å². The molecule has 9 nitrogen and oxygen atoms in total. The summed E-state index contributed by atoms with van der Waals surface area (Å²) in [6, 6.07) is 8.52. The first kappa shape index (κ1) is 20.1. The summed E-state index contributed by atoms with van der Waals surface area (Å²) in [5.74, 6) is 0.990. The van der Waals surface area contributed by atoms with Crippen LogP contribution in [0.4, 0.5) is 11.5 Å². The number of rotatable bonds is 6. The largest absolute Gasteiger partial charge is 0.493 e. The molecule has 0 atom stereocenters. The van der Waals surface area contributed by atoms with E-state index in [1.165, 1.54) is 12.3 Å². The van der Waals surface area contributed by atoms with Crippen molar-refractivity contribution in [1.82, 2.24) is 9.88 Å². The third kappa shape index (κ3) is 4.81. The molecule has 1 aromatic carbocycles. The molecule has 2 heterocycles. The number of methoxy groups -OCH3 is 2. The lowest BCUT2D eigenvalue weighted by atomic mass is 10.2. The van der Waals surface area contributed by atoms with E-state index in [0.29, 0.717) is 37.7 Å². The molecule has 9 heteroatoms. The van der Waals surface area contributed by atoms with Gasteiger partial charge in [0.05, 0.1) is 19.9 Å². The molecular formula is C20H22N4O5. The van der Waals surface area contributed by atoms with E-state index in [0.717, 1.165) is 11.3 Å². The molecule has 1 aliphatic rings. The van der Waals surface area contributed by atoms with E-state index in [2.05, 4.69) is 9.88 Å². The Bertz CT molecular complexity index is 906. The Balaban J connectivity index is 1.57. The maximum Gasteiger partial charge on any atom is 0.363 e. The van der Waals surface area contributed by atoms with Gasteiger partial charge in [-0.3, -0.25) is 4.79 Å². The molecule has 2 aromatic rings. The van der Waals surface area contributed by atoms with Crippen molar-refractivity contribution in [3.05, 3.63) is 58.3 Å². The Morgan fingerprint density at radius 2 is 1.83 bits per heavy atom. The van der Waals surface area contributed by atoms with Gasteiger partial charge in [-0.15, -0.1) is 0 Å². The minimum Gasteiger partial charge on any atom is -0.493 e. The second kappa shape index (κ2) is 9.05. The molecule has 1 aliphatic heterocycles. The number of aromatic nitrogens is 1. The summed E-state index contributed by atoms with van der Waals surface area (Å²) in [5, 5.41) is 10.7. The maximum absolute atomic E-state index is 12.5. The molecule has 0 unspecified atom stereocenters. The molecule has 0 bridgehead atoms. The minimum absolute atomic E-state index is 0.0683. The molecule has 0 saturated carbocycles. The Labute approximate surface area is 168 Å². The van der Waals surface area contributed by atoms with Crippen molar-refractivity contribution in [1.29, 1.82) is 0 Å². The Kier molecular flexibility index (Phi) is 6.28. The van der Waals surface area contributed by atoms with Crippen LogP contribution in [0.2, 0.25) is 0 Å². The number of nitro groups is 1. The van der Waals surface area contributed by atoms with E-state index < -0.39 is 4.92 Å². The molecule has 0 N–H and O–H groups in total. The molecule has 1 fully saturated rings. The average Bonchev–Trinajstić information content (AvgIpc) is 2.77. The maximum atomic E-state index is 12.5. The topological polar surface area (TPSA) is 98.0 Å². The van der Waals surface area contributed by atoms with Crippen LogP contribution in [0.5, 0.6) is 11.5 Å². The van der Waals surface area contributed by atoms with Crippen molar-refractivity contribution in [2.75, 3.05) is 45.3 Å². The van der Waals surface area contributed by atoms with Gasteiger partial charge in [-0.1, -0.05) is 6.07 Å². The van der Waals surface area contributed by atoms with Gasteiger partial charge in [0.2, 0.25) is 5.91 Å². The summed E-state index contributed by atoms with van der Waals surface area (Å²) in [5.41, 5.74) is 1.65. The second-order valence-electron chi connectivity index (χ2n) is 6.39. The summed E-state index contributed by atoms with van der Waals surface area (Å²) in [6.45, 7) is 2.39. The predicted octanol–water partition coefficient (Wildman–Crippen LogP) is 2.37. The van der Waals surface area contributed by atoms with Crippen molar-refractivity contribution in [2.24, 2.45) is 0 Å². The second-order valence-corrected chi connectivity index (χ2v) is 6.39. The predicted molar refractivity (Wildman–Crippen MR) is 108 cm³/mol. The molecule has 29 heavy (non-hydrogen) atoms. The first-order chi connectivity index (χ1) is 14.0. The fourth-order valence-electron chi connectivity index (χ4n) is 3.09. The molecule has 0 radical (unpaired) electrons. The Hall–Kier alpha value is -3.62. The fraction of sp³-hybridized carbons (Fsp3) is 0.300. The van der Waals surface area contributed by atoms with Crippen LogP contribution in [0.25, 0.3) is 6.08 Å². The van der Waals surface area contributed by atoms with E-state index in [4.69, 9.17) is 9.47 Å². The standard InChI is InChI=1S/C20H22N4O5/c1-28-17-6-3-15(13-18(17)29-2)4-8-20(25)23-11-9-22(10-12-23)16-5-7-19(21-14-16)24(26)27/h3-8,13-14H,9-12H2,1-2H3/b8-4+. The summed E-state index contributed by atoms with van der Waals surface area (Å²) in [4.78, 5) is 30.3. The summed E-state index contributed by atoms with van der Waals surface area (Å²) >= 11 is 0. The van der Waals surface area contributed by atoms with Crippen LogP contribution in [0.15, 0.2) is 42.6 Å². The number of piperazine rings is 1. The molecular weight excluding hydrogens is 376 g/mol. The molecule has 0 spiro atoms. The van der Waals surface area contributed by atoms with Crippen LogP contribution < -0.4 is 14.4 Å². The highest BCUT2D eigenvalue weighted by atomic mass is 16.6. The fourth-order valence-corrected chi connectivity index (χ4v) is 3.09. The molecule has 1 aromatic heterocycles. The SMILES string of the molecule is COc1ccc(/C=C/C(=O)N2CCN(c3ccc([N+](=O)[O-])nc3)CC2)cc1OC. The summed E-state index contributed by atoms with van der Waals surface area (Å²) in [7, 11) is 3.14. The van der Waals surface area contributed by atoms with Gasteiger partial charge in [-0.25, -0.2) is 0 Å². The summed E-state index contributed by atoms with van der Waals surface area (Å²) < 4.78 is 10.5. The van der Waals surface area contributed by atoms with E-state index in [9.17, 15) is 14.9 Å². The van der Waals surface area contributed by atoms with Crippen LogP contribution in [-0.2, 0) is 4.79 Å². The molecule has 1 saturated heterocycles. The Morgan fingerprint density at radius 1 is 1.10 bits per heavy atom. The van der Waals surface area contributed by atoms with Crippen LogP contribution >= 0.6 is 0 Å². The van der Waals surface area contributed by atoms with Gasteiger partial charge in [0, 0.05) is 38.3 Å². The Morgan fingerprint density at radius 3 is 2.41 bits per heavy atom. The van der Waals surface area contributed by atoms with Crippen molar-refractivity contribution >= 4 is 23.5 Å². The normalized spacial score (nSPS) is 14.1. The van der Waals surface area contributed by atoms with Crippen LogP contribution in [0.1, 0.15) is 5.56 Å². The number of hydrogen-bond donors (Lipinski definition) is 0. The lowest BCUT2D eigenvalue weighted by molar-refractivity contribution is -0.389. The van der Waals surface area contributed by atoms with Gasteiger partial charge in [-0.05, 0) is 39.7 Å². The number of carbonyl (C=O) groups excluding carboxylic acids is 1. The van der Waals surface area contributed by atoms with Gasteiger partial charge in [0.1, 0.15) is 0 Å². The van der Waals surface area contributed by atoms with Crippen LogP contribution in [0, 0.1) is 10.1 Å². The summed E-state index contributed by atoms with van der Waals surface area (Å²) in [6.07, 6.45) is 4.79. The van der Waals surface area contributed by atoms with Crippen molar-refractivity contribution < 1.29 is 19.2 Å². The number of anilines is 1. The number of pyridine rings is 1. The number of nitrogens with zero attached hydrogens (tertiary/aromatic N) is 4. The zero-order valence-electron chi connectivity index (χ0n) is 16.3.